The summed E-state index contributed by atoms with van der Waals surface area (Å²) in [7, 11) is 1.62. The molecule has 8 aromatic rings. The number of halogens is 2. The Labute approximate surface area is 639 Å². The molecule has 8 rings (SSSR count). The van der Waals surface area contributed by atoms with Crippen molar-refractivity contribution in [2.24, 2.45) is 17.2 Å². The van der Waals surface area contributed by atoms with Crippen molar-refractivity contribution in [2.75, 3.05) is 26.9 Å². The van der Waals surface area contributed by atoms with Gasteiger partial charge in [0.15, 0.2) is 0 Å². The van der Waals surface area contributed by atoms with Crippen LogP contribution >= 0.6 is 23.2 Å². The number of carbonyl (C=O) groups excluding carboxylic acids is 3. The van der Waals surface area contributed by atoms with Gasteiger partial charge in [-0.3, -0.25) is 35.1 Å². The highest BCUT2D eigenvalue weighted by molar-refractivity contribution is 6.31. The number of rotatable bonds is 21. The molecule has 586 valence electrons. The van der Waals surface area contributed by atoms with Gasteiger partial charge in [0.2, 0.25) is 5.91 Å². The van der Waals surface area contributed by atoms with Crippen molar-refractivity contribution in [2.45, 2.75) is 160 Å². The van der Waals surface area contributed by atoms with Gasteiger partial charge in [0, 0.05) is 64.4 Å². The zero-order valence-electron chi connectivity index (χ0n) is 63.7. The molecule has 0 atom stereocenters. The molecule has 13 N–H and O–H groups in total. The molecule has 0 saturated heterocycles. The van der Waals surface area contributed by atoms with E-state index in [0.29, 0.717) is 70.8 Å². The highest BCUT2D eigenvalue weighted by atomic mass is 35.5. The minimum Gasteiger partial charge on any atom is -0.508 e. The predicted octanol–water partition coefficient (Wildman–Crippen LogP) is 17.6. The SMILES string of the molecule is CC(C)NC(N)=O.CCCC(N)=O.CCCNC(N)=O.CCc1cc(Cl)ccc1O.CCc1cc(Cl)ccc1[N+](=O)[O-].CCc1cc(OC)ccc1O.CCc1cccc([N+](=O)[O-])c1.CCc1ccccc1C(=O)O.CCc1ccccc1O.CCc1ccccc1OCCO.CCc1ccccc1[N+](=O)[O-]. The molecule has 0 aliphatic carbocycles. The van der Waals surface area contributed by atoms with E-state index in [2.05, 4.69) is 17.6 Å². The van der Waals surface area contributed by atoms with Gasteiger partial charge < -0.3 is 62.8 Å². The van der Waals surface area contributed by atoms with Crippen molar-refractivity contribution in [3.8, 4) is 28.7 Å². The van der Waals surface area contributed by atoms with Gasteiger partial charge in [0.25, 0.3) is 17.1 Å². The normalized spacial score (nSPS) is 9.43. The molecule has 0 saturated carbocycles. The monoisotopic (exact) mass is 1520 g/mol. The van der Waals surface area contributed by atoms with Crippen molar-refractivity contribution in [3.63, 3.8) is 0 Å². The molecule has 0 unspecified atom stereocenters. The molecule has 107 heavy (non-hydrogen) atoms. The van der Waals surface area contributed by atoms with Gasteiger partial charge in [0.1, 0.15) is 35.4 Å². The maximum atomic E-state index is 10.6. The standard InChI is InChI=1S/C10H14O2.C9H12O2.C9H10O2.C8H8ClNO2.C8H9ClO.2C8H9NO2.C8H10O.2C4H10N2O.C4H9NO/c1-2-9-5-3-4-6-10(9)12-8-7-11;1-3-7-6-8(11-2)4-5-9(7)10;1-2-7-5-3-4-6-8(7)9(10)11;1-2-6-5-7(9)3-4-8(6)10(11)12;1-2-6-5-7(9)3-4-8(6)10;1-2-7-4-3-5-8(6-7)9(10)11;1-2-7-5-3-4-6-8(7)9(10)11;1-2-7-5-3-4-6-8(7)9;1-3(2)6-4(5)7;1-2-3-6-4(5)7;1-2-3-4(5)6/h3-6,11H,2,7-8H2,1H3;4-6,10H,3H2,1-2H3;3-6H,2H2,1H3,(H,10,11);3-5H,2H2,1H3;3-5,10H,2H2,1H3;2*3-6H,2H2,1H3;3-6,9H,2H2,1H3;3H,1-2H3,(H3,5,6,7);2-3H2,1H3,(H3,5,6,7);2-3H2,1H3,(H2,5,6). The van der Waals surface area contributed by atoms with Gasteiger partial charge in [-0.15, -0.1) is 0 Å². The molecule has 0 aromatic heterocycles. The first kappa shape index (κ1) is 100. The van der Waals surface area contributed by atoms with Gasteiger partial charge in [-0.1, -0.05) is 177 Å². The van der Waals surface area contributed by atoms with E-state index in [1.807, 2.05) is 149 Å². The number of nitrogens with zero attached hydrogens (tertiary/aromatic N) is 3. The Hall–Kier alpha value is -11.0. The first-order valence-corrected chi connectivity index (χ1v) is 35.5. The van der Waals surface area contributed by atoms with Crippen molar-refractivity contribution in [1.29, 1.82) is 0 Å². The molecule has 0 aliphatic rings. The van der Waals surface area contributed by atoms with Gasteiger partial charge >= 0.3 is 18.0 Å². The summed E-state index contributed by atoms with van der Waals surface area (Å²) in [5.41, 5.74) is 22.5. The number of hydrogen-bond acceptors (Lipinski definition) is 16. The summed E-state index contributed by atoms with van der Waals surface area (Å²) in [4.78, 5) is 70.2. The average Bonchev–Trinajstić information content (AvgIpc) is 0.900. The number of benzene rings is 8. The third kappa shape index (κ3) is 47.9. The maximum Gasteiger partial charge on any atom is 0.335 e. The lowest BCUT2D eigenvalue weighted by molar-refractivity contribution is -0.385. The summed E-state index contributed by atoms with van der Waals surface area (Å²) < 4.78 is 10.3. The summed E-state index contributed by atoms with van der Waals surface area (Å²) in [6.45, 7) is 24.5. The Morgan fingerprint density at radius 2 is 0.944 bits per heavy atom. The summed E-state index contributed by atoms with van der Waals surface area (Å²) in [6.07, 6.45) is 8.72. The zero-order valence-corrected chi connectivity index (χ0v) is 65.2. The molecule has 0 radical (unpaired) electrons. The number of phenolic OH excluding ortho intramolecular Hbond substituents is 3. The Morgan fingerprint density at radius 1 is 0.486 bits per heavy atom. The number of para-hydroxylation sites is 3. The smallest absolute Gasteiger partial charge is 0.335 e. The van der Waals surface area contributed by atoms with Crippen LogP contribution in [-0.4, -0.2) is 97.2 Å². The van der Waals surface area contributed by atoms with Crippen LogP contribution < -0.4 is 37.3 Å². The van der Waals surface area contributed by atoms with E-state index in [-0.39, 0.29) is 45.5 Å². The van der Waals surface area contributed by atoms with Gasteiger partial charge in [-0.25, -0.2) is 14.4 Å². The summed E-state index contributed by atoms with van der Waals surface area (Å²) >= 11 is 11.4. The number of carboxylic acid groups (broad SMARTS) is 1. The number of carboxylic acids is 1. The number of nitrogens with one attached hydrogen (secondary N) is 2. The fraction of sp³-hybridized carbons (Fsp3) is 0.350. The highest BCUT2D eigenvalue weighted by Gasteiger charge is 2.12. The highest BCUT2D eigenvalue weighted by Crippen LogP contribution is 2.26. The summed E-state index contributed by atoms with van der Waals surface area (Å²) in [5, 5.41) is 82.0. The Morgan fingerprint density at radius 3 is 1.33 bits per heavy atom. The fourth-order valence-corrected chi connectivity index (χ4v) is 8.81. The van der Waals surface area contributed by atoms with Gasteiger partial charge in [-0.2, -0.15) is 0 Å². The van der Waals surface area contributed by atoms with Crippen LogP contribution in [0, 0.1) is 30.3 Å². The number of non-ortho nitro benzene ring substituents is 1. The van der Waals surface area contributed by atoms with Gasteiger partial charge in [-0.05, 0) is 178 Å². The van der Waals surface area contributed by atoms with E-state index in [0.717, 1.165) is 96.2 Å². The second-order valence-corrected chi connectivity index (χ2v) is 23.3. The second kappa shape index (κ2) is 61.3. The largest absolute Gasteiger partial charge is 0.508 e. The topological polar surface area (TPSA) is 419 Å². The quantitative estimate of drug-likeness (QED) is 0.0236. The van der Waals surface area contributed by atoms with Crippen LogP contribution in [0.2, 0.25) is 10.0 Å². The number of nitro groups is 3. The maximum absolute atomic E-state index is 10.6. The Balaban J connectivity index is -0.00000112. The summed E-state index contributed by atoms with van der Waals surface area (Å²) in [5.74, 6) is 1.69. The zero-order chi connectivity index (χ0) is 81.8. The number of urea groups is 2. The van der Waals surface area contributed by atoms with Crippen molar-refractivity contribution in [3.05, 3.63) is 266 Å². The number of aliphatic hydroxyl groups excluding tert-OH is 1. The molecule has 0 bridgehead atoms. The van der Waals surface area contributed by atoms with E-state index < -0.39 is 23.0 Å². The van der Waals surface area contributed by atoms with E-state index in [1.54, 1.807) is 86.0 Å². The third-order valence-electron chi connectivity index (χ3n) is 14.0. The number of amides is 5. The molecule has 0 aliphatic heterocycles. The number of aromatic carboxylic acids is 1. The minimum atomic E-state index is -0.845. The Bertz CT molecular complexity index is 3810. The third-order valence-corrected chi connectivity index (χ3v) is 14.5. The number of primary amides is 3. The van der Waals surface area contributed by atoms with Crippen molar-refractivity contribution < 1.29 is 69.0 Å². The molecule has 0 heterocycles. The van der Waals surface area contributed by atoms with Crippen LogP contribution in [0.5, 0.6) is 28.7 Å². The Kier molecular flexibility index (Phi) is 57.4. The van der Waals surface area contributed by atoms with Gasteiger partial charge in [0.05, 0.1) is 34.1 Å². The molecule has 0 fully saturated rings. The number of aliphatic hydroxyl groups is 1. The lowest BCUT2D eigenvalue weighted by atomic mass is 10.1. The van der Waals surface area contributed by atoms with Crippen LogP contribution in [0.4, 0.5) is 26.7 Å². The van der Waals surface area contributed by atoms with E-state index >= 15 is 0 Å². The van der Waals surface area contributed by atoms with Crippen LogP contribution in [0.3, 0.4) is 0 Å². The number of ether oxygens (including phenoxy) is 2. The molecule has 8 aromatic carbocycles. The lowest BCUT2D eigenvalue weighted by Crippen LogP contribution is -2.34. The lowest BCUT2D eigenvalue weighted by Gasteiger charge is -2.07. The molecular weight excluding hydrogens is 1420 g/mol. The number of aryl methyl sites for hydroxylation is 8. The first-order chi connectivity index (χ1) is 50.8. The molecule has 25 nitrogen and oxygen atoms in total. The number of hydrogen-bond donors (Lipinski definition) is 10. The molecule has 0 spiro atoms. The number of aromatic hydroxyl groups is 3. The number of methoxy groups -OCH3 is 1. The van der Waals surface area contributed by atoms with Crippen molar-refractivity contribution >= 4 is 64.2 Å². The van der Waals surface area contributed by atoms with Crippen LogP contribution in [0.1, 0.15) is 157 Å². The number of nitro benzene ring substituents is 3. The number of phenols is 3. The first-order valence-electron chi connectivity index (χ1n) is 34.8. The van der Waals surface area contributed by atoms with Crippen LogP contribution in [0.25, 0.3) is 0 Å². The van der Waals surface area contributed by atoms with Crippen molar-refractivity contribution in [1.82, 2.24) is 10.6 Å². The number of carbonyl (C=O) groups is 4. The second-order valence-electron chi connectivity index (χ2n) is 22.4. The minimum absolute atomic E-state index is 0.0675. The fourth-order valence-electron chi connectivity index (χ4n) is 8.42. The molecule has 27 heteroatoms. The van der Waals surface area contributed by atoms with Crippen LogP contribution in [0.15, 0.2) is 176 Å². The number of nitrogens with two attached hydrogens (primary N) is 3. The van der Waals surface area contributed by atoms with E-state index in [4.69, 9.17) is 65.2 Å². The molecule has 5 amide bonds. The van der Waals surface area contributed by atoms with E-state index in [1.165, 1.54) is 29.8 Å². The predicted molar refractivity (Wildman–Crippen MR) is 427 cm³/mol. The van der Waals surface area contributed by atoms with Crippen LogP contribution in [-0.2, 0) is 56.2 Å². The molecular formula is C80H110Cl2N8O17. The average molecular weight is 1530 g/mol. The summed E-state index contributed by atoms with van der Waals surface area (Å²) in [6, 6.07) is 49.9. The van der Waals surface area contributed by atoms with E-state index in [9.17, 15) is 59.7 Å².